The Morgan fingerprint density at radius 2 is 1.96 bits per heavy atom. The van der Waals surface area contributed by atoms with Gasteiger partial charge in [-0.3, -0.25) is 19.9 Å². The number of fused-ring (bicyclic) bond motifs is 1. The maximum atomic E-state index is 13.5. The molecule has 1 heterocycles. The first-order valence-corrected chi connectivity index (χ1v) is 8.17. The lowest BCUT2D eigenvalue weighted by molar-refractivity contribution is -0.387. The van der Waals surface area contributed by atoms with E-state index < -0.39 is 34.3 Å². The van der Waals surface area contributed by atoms with Crippen molar-refractivity contribution in [3.63, 3.8) is 0 Å². The molecule has 1 amide bonds. The van der Waals surface area contributed by atoms with Crippen LogP contribution < -0.4 is 5.32 Å². The molecule has 0 aliphatic carbocycles. The first kappa shape index (κ1) is 18.9. The highest BCUT2D eigenvalue weighted by Crippen LogP contribution is 2.20. The second-order valence-electron chi connectivity index (χ2n) is 5.99. The Morgan fingerprint density at radius 1 is 1.21 bits per heavy atom. The SMILES string of the molecule is O=C(N[C@@H](Cc1ccc(F)c([N+](=O)[O-])c1)C(=O)O)c1ccnc2ccccc12. The third-order valence-electron chi connectivity index (χ3n) is 4.14. The number of hydrogen-bond donors (Lipinski definition) is 2. The standard InChI is InChI=1S/C19H14FN3O5/c20-14-6-5-11(10-17(14)23(27)28)9-16(19(25)26)22-18(24)13-7-8-21-15-4-2-1-3-12(13)15/h1-8,10,16H,9H2,(H,22,24)(H,25,26)/t16-/m0/s1. The number of aliphatic carboxylic acids is 1. The van der Waals surface area contributed by atoms with Crippen molar-refractivity contribution in [2.45, 2.75) is 12.5 Å². The molecule has 28 heavy (non-hydrogen) atoms. The van der Waals surface area contributed by atoms with Gasteiger partial charge in [0.25, 0.3) is 5.91 Å². The van der Waals surface area contributed by atoms with Gasteiger partial charge in [-0.15, -0.1) is 0 Å². The number of nitrogens with zero attached hydrogens (tertiary/aromatic N) is 2. The van der Waals surface area contributed by atoms with E-state index in [0.29, 0.717) is 10.9 Å². The van der Waals surface area contributed by atoms with Crippen LogP contribution in [0.5, 0.6) is 0 Å². The Bertz CT molecular complexity index is 1080. The predicted molar refractivity (Wildman–Crippen MR) is 97.4 cm³/mol. The zero-order valence-corrected chi connectivity index (χ0v) is 14.3. The molecule has 9 heteroatoms. The molecule has 3 aromatic rings. The van der Waals surface area contributed by atoms with Crippen molar-refractivity contribution in [2.24, 2.45) is 0 Å². The molecule has 8 nitrogen and oxygen atoms in total. The number of carboxylic acid groups (broad SMARTS) is 1. The van der Waals surface area contributed by atoms with Crippen LogP contribution in [-0.4, -0.2) is 32.9 Å². The van der Waals surface area contributed by atoms with Gasteiger partial charge < -0.3 is 10.4 Å². The van der Waals surface area contributed by atoms with Gasteiger partial charge in [0.05, 0.1) is 16.0 Å². The summed E-state index contributed by atoms with van der Waals surface area (Å²) in [6, 6.07) is 10.1. The number of nitro groups is 1. The van der Waals surface area contributed by atoms with E-state index in [0.717, 1.165) is 12.1 Å². The number of nitrogens with one attached hydrogen (secondary N) is 1. The molecule has 0 aliphatic heterocycles. The average molecular weight is 383 g/mol. The van der Waals surface area contributed by atoms with E-state index in [1.165, 1.54) is 18.3 Å². The lowest BCUT2D eigenvalue weighted by atomic mass is 10.0. The summed E-state index contributed by atoms with van der Waals surface area (Å²) < 4.78 is 13.5. The predicted octanol–water partition coefficient (Wildman–Crippen LogP) is 2.71. The van der Waals surface area contributed by atoms with E-state index in [1.807, 2.05) is 0 Å². The smallest absolute Gasteiger partial charge is 0.326 e. The van der Waals surface area contributed by atoms with Gasteiger partial charge in [0.15, 0.2) is 0 Å². The van der Waals surface area contributed by atoms with Crippen molar-refractivity contribution in [1.82, 2.24) is 10.3 Å². The van der Waals surface area contributed by atoms with E-state index in [-0.39, 0.29) is 17.5 Å². The van der Waals surface area contributed by atoms with Crippen molar-refractivity contribution in [3.8, 4) is 0 Å². The normalized spacial score (nSPS) is 11.8. The van der Waals surface area contributed by atoms with E-state index >= 15 is 0 Å². The summed E-state index contributed by atoms with van der Waals surface area (Å²) >= 11 is 0. The van der Waals surface area contributed by atoms with Crippen LogP contribution in [0.25, 0.3) is 10.9 Å². The molecule has 1 aromatic heterocycles. The lowest BCUT2D eigenvalue weighted by Gasteiger charge is -2.15. The second-order valence-corrected chi connectivity index (χ2v) is 5.99. The highest BCUT2D eigenvalue weighted by Gasteiger charge is 2.24. The minimum atomic E-state index is -1.36. The number of carbonyl (C=O) groups excluding carboxylic acids is 1. The van der Waals surface area contributed by atoms with Gasteiger partial charge in [0.1, 0.15) is 6.04 Å². The first-order chi connectivity index (χ1) is 13.4. The fourth-order valence-corrected chi connectivity index (χ4v) is 2.79. The Kier molecular flexibility index (Phi) is 5.25. The van der Waals surface area contributed by atoms with Gasteiger partial charge in [-0.1, -0.05) is 24.3 Å². The van der Waals surface area contributed by atoms with Crippen LogP contribution in [0.1, 0.15) is 15.9 Å². The van der Waals surface area contributed by atoms with Crippen LogP contribution in [0, 0.1) is 15.9 Å². The summed E-state index contributed by atoms with van der Waals surface area (Å²) in [5, 5.41) is 23.3. The molecular formula is C19H14FN3O5. The number of benzene rings is 2. The van der Waals surface area contributed by atoms with Gasteiger partial charge in [0, 0.05) is 24.1 Å². The number of rotatable bonds is 6. The van der Waals surface area contributed by atoms with Gasteiger partial charge in [-0.05, 0) is 23.8 Å². The summed E-state index contributed by atoms with van der Waals surface area (Å²) in [5.74, 6) is -2.96. The Morgan fingerprint density at radius 3 is 2.68 bits per heavy atom. The van der Waals surface area contributed by atoms with Gasteiger partial charge in [-0.2, -0.15) is 4.39 Å². The van der Waals surface area contributed by atoms with Crippen molar-refractivity contribution in [2.75, 3.05) is 0 Å². The monoisotopic (exact) mass is 383 g/mol. The second kappa shape index (κ2) is 7.78. The number of halogens is 1. The topological polar surface area (TPSA) is 122 Å². The minimum absolute atomic E-state index is 0.209. The molecule has 0 saturated heterocycles. The van der Waals surface area contributed by atoms with Gasteiger partial charge >= 0.3 is 11.7 Å². The van der Waals surface area contributed by atoms with Gasteiger partial charge in [0.2, 0.25) is 5.82 Å². The third-order valence-corrected chi connectivity index (χ3v) is 4.14. The fraction of sp³-hybridized carbons (Fsp3) is 0.105. The molecule has 0 fully saturated rings. The van der Waals surface area contributed by atoms with Crippen LogP contribution in [-0.2, 0) is 11.2 Å². The summed E-state index contributed by atoms with van der Waals surface area (Å²) in [6.45, 7) is 0. The quantitative estimate of drug-likeness (QED) is 0.498. The zero-order valence-electron chi connectivity index (χ0n) is 14.3. The summed E-state index contributed by atoms with van der Waals surface area (Å²) in [6.07, 6.45) is 1.20. The fourth-order valence-electron chi connectivity index (χ4n) is 2.79. The van der Waals surface area contributed by atoms with Crippen molar-refractivity contribution < 1.29 is 24.0 Å². The summed E-state index contributed by atoms with van der Waals surface area (Å²) in [7, 11) is 0. The number of carbonyl (C=O) groups is 2. The molecule has 3 rings (SSSR count). The van der Waals surface area contributed by atoms with Crippen LogP contribution >= 0.6 is 0 Å². The molecule has 0 radical (unpaired) electrons. The molecule has 0 spiro atoms. The van der Waals surface area contributed by atoms with Crippen LogP contribution in [0.4, 0.5) is 10.1 Å². The van der Waals surface area contributed by atoms with E-state index in [1.54, 1.807) is 24.3 Å². The maximum absolute atomic E-state index is 13.5. The Balaban J connectivity index is 1.85. The van der Waals surface area contributed by atoms with E-state index in [4.69, 9.17) is 0 Å². The highest BCUT2D eigenvalue weighted by atomic mass is 19.1. The number of hydrogen-bond acceptors (Lipinski definition) is 5. The minimum Gasteiger partial charge on any atom is -0.480 e. The van der Waals surface area contributed by atoms with Crippen molar-refractivity contribution >= 4 is 28.5 Å². The van der Waals surface area contributed by atoms with E-state index in [9.17, 15) is 29.2 Å². The van der Waals surface area contributed by atoms with Gasteiger partial charge in [-0.25, -0.2) is 4.79 Å². The van der Waals surface area contributed by atoms with E-state index in [2.05, 4.69) is 10.3 Å². The van der Waals surface area contributed by atoms with Crippen molar-refractivity contribution in [1.29, 1.82) is 0 Å². The number of aromatic nitrogens is 1. The molecule has 0 unspecified atom stereocenters. The van der Waals surface area contributed by atoms with Crippen LogP contribution in [0.2, 0.25) is 0 Å². The largest absolute Gasteiger partial charge is 0.480 e. The lowest BCUT2D eigenvalue weighted by Crippen LogP contribution is -2.42. The average Bonchev–Trinajstić information content (AvgIpc) is 2.68. The van der Waals surface area contributed by atoms with Crippen molar-refractivity contribution in [3.05, 3.63) is 81.8 Å². The molecule has 1 atom stereocenters. The number of nitro benzene ring substituents is 1. The number of amides is 1. The molecule has 0 aliphatic rings. The van der Waals surface area contributed by atoms with Crippen LogP contribution in [0.3, 0.4) is 0 Å². The first-order valence-electron chi connectivity index (χ1n) is 8.17. The Hall–Kier alpha value is -3.88. The third kappa shape index (κ3) is 3.93. The number of pyridine rings is 1. The highest BCUT2D eigenvalue weighted by molar-refractivity contribution is 6.06. The molecule has 2 aromatic carbocycles. The molecule has 0 saturated carbocycles. The zero-order chi connectivity index (χ0) is 20.3. The number of carboxylic acids is 1. The Labute approximate surface area is 157 Å². The molecule has 142 valence electrons. The maximum Gasteiger partial charge on any atom is 0.326 e. The molecule has 0 bridgehead atoms. The summed E-state index contributed by atoms with van der Waals surface area (Å²) in [4.78, 5) is 38.3. The number of para-hydroxylation sites is 1. The van der Waals surface area contributed by atoms with Crippen LogP contribution in [0.15, 0.2) is 54.7 Å². The molecule has 2 N–H and O–H groups in total. The summed E-state index contributed by atoms with van der Waals surface area (Å²) in [5.41, 5.74) is 0.284. The molecular weight excluding hydrogens is 369 g/mol.